The van der Waals surface area contributed by atoms with Gasteiger partial charge in [0.1, 0.15) is 16.7 Å². The second-order valence-electron chi connectivity index (χ2n) is 12.4. The number of carboxylic acid groups (broad SMARTS) is 1. The highest BCUT2D eigenvalue weighted by atomic mass is 32.1. The SMILES string of the molecule is O=C(O)C1CCCCC1C(=O)N1CCc2cccc(O[C@H]3CCN(C(=O)c4cncs4)C3)c2[C@H]1CN1C(=O)c2ccccc2C1=O. The lowest BCUT2D eigenvalue weighted by molar-refractivity contribution is -0.153. The molecular formula is C34H34N4O7S. The van der Waals surface area contributed by atoms with Crippen LogP contribution in [0.2, 0.25) is 0 Å². The van der Waals surface area contributed by atoms with Gasteiger partial charge in [0, 0.05) is 25.1 Å². The summed E-state index contributed by atoms with van der Waals surface area (Å²) in [6.45, 7) is 1.15. The summed E-state index contributed by atoms with van der Waals surface area (Å²) in [6, 6.07) is 11.6. The van der Waals surface area contributed by atoms with E-state index in [1.165, 1.54) is 16.2 Å². The van der Waals surface area contributed by atoms with Gasteiger partial charge in [-0.05, 0) is 43.0 Å². The Labute approximate surface area is 269 Å². The van der Waals surface area contributed by atoms with Crippen LogP contribution in [0.5, 0.6) is 5.75 Å². The molecule has 1 aromatic heterocycles. The summed E-state index contributed by atoms with van der Waals surface area (Å²) in [5.41, 5.74) is 3.92. The van der Waals surface area contributed by atoms with Crippen molar-refractivity contribution >= 4 is 40.9 Å². The van der Waals surface area contributed by atoms with Gasteiger partial charge >= 0.3 is 5.97 Å². The molecule has 2 unspecified atom stereocenters. The molecule has 11 nitrogen and oxygen atoms in total. The fourth-order valence-corrected chi connectivity index (χ4v) is 8.06. The number of benzene rings is 2. The van der Waals surface area contributed by atoms with Gasteiger partial charge in [0.25, 0.3) is 17.7 Å². The third kappa shape index (κ3) is 5.34. The van der Waals surface area contributed by atoms with Crippen molar-refractivity contribution in [2.75, 3.05) is 26.2 Å². The van der Waals surface area contributed by atoms with Crippen LogP contribution in [0.25, 0.3) is 0 Å². The zero-order chi connectivity index (χ0) is 31.9. The molecule has 4 atom stereocenters. The molecule has 4 aliphatic rings. The third-order valence-corrected chi connectivity index (χ3v) is 10.5. The van der Waals surface area contributed by atoms with Crippen LogP contribution in [-0.2, 0) is 16.0 Å². The molecular weight excluding hydrogens is 608 g/mol. The van der Waals surface area contributed by atoms with Gasteiger partial charge in [-0.25, -0.2) is 0 Å². The molecule has 1 aliphatic carbocycles. The predicted octanol–water partition coefficient (Wildman–Crippen LogP) is 4.05. The Hall–Kier alpha value is -4.58. The number of carbonyl (C=O) groups is 5. The van der Waals surface area contributed by atoms with E-state index in [2.05, 4.69) is 4.98 Å². The van der Waals surface area contributed by atoms with E-state index in [0.717, 1.165) is 18.4 Å². The first-order valence-electron chi connectivity index (χ1n) is 15.8. The summed E-state index contributed by atoms with van der Waals surface area (Å²) < 4.78 is 6.59. The fourth-order valence-electron chi connectivity index (χ4n) is 7.47. The first-order chi connectivity index (χ1) is 22.3. The molecule has 3 aliphatic heterocycles. The lowest BCUT2D eigenvalue weighted by atomic mass is 9.77. The van der Waals surface area contributed by atoms with Crippen LogP contribution in [-0.4, -0.2) is 86.7 Å². The number of ether oxygens (including phenoxy) is 1. The molecule has 238 valence electrons. The summed E-state index contributed by atoms with van der Waals surface area (Å²) in [6.07, 6.45) is 4.82. The highest BCUT2D eigenvalue weighted by Gasteiger charge is 2.45. The minimum Gasteiger partial charge on any atom is -0.488 e. The number of likely N-dealkylation sites (tertiary alicyclic amines) is 1. The Bertz CT molecular complexity index is 1670. The number of carboxylic acids is 1. The van der Waals surface area contributed by atoms with E-state index in [1.54, 1.807) is 45.8 Å². The molecule has 2 fully saturated rings. The van der Waals surface area contributed by atoms with Gasteiger partial charge in [0.05, 0.1) is 53.8 Å². The molecule has 0 spiro atoms. The standard InChI is InChI=1S/C34H34N4O7S/c39-30(24-9-3-4-10-25(24)34(43)44)37-15-12-20-6-5-11-27(45-21-13-14-36(17-21)33(42)28-16-35-19-46-28)29(20)26(37)18-38-31(40)22-7-1-2-8-23(22)32(38)41/h1-2,5-8,11,16,19,21,24-26H,3-4,9-10,12-15,17-18H2,(H,43,44)/t21-,24?,25?,26+/m0/s1. The van der Waals surface area contributed by atoms with E-state index in [-0.39, 0.29) is 24.5 Å². The highest BCUT2D eigenvalue weighted by molar-refractivity contribution is 7.11. The summed E-state index contributed by atoms with van der Waals surface area (Å²) in [5, 5.41) is 9.98. The van der Waals surface area contributed by atoms with Crippen molar-refractivity contribution in [3.05, 3.63) is 81.3 Å². The van der Waals surface area contributed by atoms with E-state index in [9.17, 15) is 29.1 Å². The number of hydrogen-bond donors (Lipinski definition) is 1. The Morgan fingerprint density at radius 1 is 0.935 bits per heavy atom. The number of amides is 4. The quantitative estimate of drug-likeness (QED) is 0.381. The number of rotatable bonds is 7. The number of carbonyl (C=O) groups excluding carboxylic acids is 4. The van der Waals surface area contributed by atoms with E-state index in [4.69, 9.17) is 4.74 Å². The molecule has 46 heavy (non-hydrogen) atoms. The van der Waals surface area contributed by atoms with Crippen LogP contribution in [0.3, 0.4) is 0 Å². The van der Waals surface area contributed by atoms with E-state index in [1.807, 2.05) is 18.2 Å². The van der Waals surface area contributed by atoms with Crippen molar-refractivity contribution in [1.82, 2.24) is 19.7 Å². The monoisotopic (exact) mass is 642 g/mol. The number of nitrogens with zero attached hydrogens (tertiary/aromatic N) is 4. The van der Waals surface area contributed by atoms with Crippen LogP contribution in [0.4, 0.5) is 0 Å². The van der Waals surface area contributed by atoms with Gasteiger partial charge in [-0.3, -0.25) is 33.9 Å². The number of hydrogen-bond acceptors (Lipinski definition) is 8. The first kappa shape index (κ1) is 30.1. The molecule has 4 heterocycles. The number of imide groups is 1. The Morgan fingerprint density at radius 2 is 1.67 bits per heavy atom. The molecule has 0 radical (unpaired) electrons. The maximum Gasteiger partial charge on any atom is 0.307 e. The molecule has 3 aromatic rings. The number of aliphatic carboxylic acids is 1. The normalized spacial score (nSPS) is 24.1. The van der Waals surface area contributed by atoms with Gasteiger partial charge in [0.15, 0.2) is 0 Å². The van der Waals surface area contributed by atoms with Crippen molar-refractivity contribution in [3.63, 3.8) is 0 Å². The van der Waals surface area contributed by atoms with Gasteiger partial charge in [-0.2, -0.15) is 0 Å². The van der Waals surface area contributed by atoms with Crippen molar-refractivity contribution in [3.8, 4) is 5.75 Å². The van der Waals surface area contributed by atoms with Crippen LogP contribution in [0.1, 0.15) is 79.7 Å². The zero-order valence-corrected chi connectivity index (χ0v) is 26.0. The van der Waals surface area contributed by atoms with Gasteiger partial charge in [-0.15, -0.1) is 11.3 Å². The third-order valence-electron chi connectivity index (χ3n) is 9.77. The summed E-state index contributed by atoms with van der Waals surface area (Å²) in [4.78, 5) is 75.7. The molecule has 2 aromatic carbocycles. The van der Waals surface area contributed by atoms with Crippen LogP contribution >= 0.6 is 11.3 Å². The van der Waals surface area contributed by atoms with Crippen molar-refractivity contribution < 1.29 is 33.8 Å². The minimum absolute atomic E-state index is 0.0867. The van der Waals surface area contributed by atoms with Crippen LogP contribution in [0.15, 0.2) is 54.2 Å². The average Bonchev–Trinajstić information content (AvgIpc) is 3.83. The molecule has 0 bridgehead atoms. The van der Waals surface area contributed by atoms with Crippen LogP contribution < -0.4 is 4.74 Å². The van der Waals surface area contributed by atoms with Crippen LogP contribution in [0, 0.1) is 11.8 Å². The predicted molar refractivity (Wildman–Crippen MR) is 167 cm³/mol. The smallest absolute Gasteiger partial charge is 0.307 e. The minimum atomic E-state index is -0.977. The van der Waals surface area contributed by atoms with Crippen molar-refractivity contribution in [2.45, 2.75) is 50.7 Å². The van der Waals surface area contributed by atoms with E-state index in [0.29, 0.717) is 72.6 Å². The zero-order valence-electron chi connectivity index (χ0n) is 25.2. The Morgan fingerprint density at radius 3 is 2.37 bits per heavy atom. The fraction of sp³-hybridized carbons (Fsp3) is 0.412. The summed E-state index contributed by atoms with van der Waals surface area (Å²) >= 11 is 1.29. The average molecular weight is 643 g/mol. The Balaban J connectivity index is 1.22. The summed E-state index contributed by atoms with van der Waals surface area (Å²) in [5.74, 6) is -3.12. The molecule has 1 saturated heterocycles. The number of fused-ring (bicyclic) bond motifs is 2. The number of thiazole rings is 1. The number of aromatic nitrogens is 1. The molecule has 12 heteroatoms. The maximum atomic E-state index is 14.3. The van der Waals surface area contributed by atoms with Crippen molar-refractivity contribution in [2.24, 2.45) is 11.8 Å². The van der Waals surface area contributed by atoms with E-state index >= 15 is 0 Å². The second kappa shape index (κ2) is 12.3. The van der Waals surface area contributed by atoms with Gasteiger partial charge in [-0.1, -0.05) is 37.1 Å². The highest BCUT2D eigenvalue weighted by Crippen LogP contribution is 2.42. The molecule has 7 rings (SSSR count). The topological polar surface area (TPSA) is 137 Å². The molecule has 4 amide bonds. The maximum absolute atomic E-state index is 14.3. The van der Waals surface area contributed by atoms with E-state index < -0.39 is 35.7 Å². The molecule has 1 N–H and O–H groups in total. The summed E-state index contributed by atoms with van der Waals surface area (Å²) in [7, 11) is 0. The van der Waals surface area contributed by atoms with Gasteiger partial charge < -0.3 is 19.6 Å². The second-order valence-corrected chi connectivity index (χ2v) is 13.3. The lowest BCUT2D eigenvalue weighted by Gasteiger charge is -2.42. The lowest BCUT2D eigenvalue weighted by Crippen LogP contribution is -2.50. The molecule has 1 saturated carbocycles. The first-order valence-corrected chi connectivity index (χ1v) is 16.6. The van der Waals surface area contributed by atoms with Crippen molar-refractivity contribution in [1.29, 1.82) is 0 Å². The van der Waals surface area contributed by atoms with Gasteiger partial charge in [0.2, 0.25) is 5.91 Å². The largest absolute Gasteiger partial charge is 0.488 e. The Kier molecular flexibility index (Phi) is 8.06.